The predicted molar refractivity (Wildman–Crippen MR) is 138 cm³/mol. The third-order valence-corrected chi connectivity index (χ3v) is 7.21. The lowest BCUT2D eigenvalue weighted by Gasteiger charge is -2.22. The number of thiazole rings is 1. The van der Waals surface area contributed by atoms with E-state index in [4.69, 9.17) is 26.3 Å². The van der Waals surface area contributed by atoms with Crippen LogP contribution >= 0.6 is 22.9 Å². The number of carbonyl (C=O) groups excluding carboxylic acids is 1. The largest absolute Gasteiger partial charge is 0.496 e. The summed E-state index contributed by atoms with van der Waals surface area (Å²) < 4.78 is 11.5. The van der Waals surface area contributed by atoms with Crippen LogP contribution in [0.5, 0.6) is 5.75 Å². The van der Waals surface area contributed by atoms with E-state index >= 15 is 0 Å². The molecule has 0 saturated carbocycles. The summed E-state index contributed by atoms with van der Waals surface area (Å²) in [5.74, 6) is 0.282. The van der Waals surface area contributed by atoms with Crippen molar-refractivity contribution in [3.05, 3.63) is 92.7 Å². The van der Waals surface area contributed by atoms with Crippen LogP contribution in [0.3, 0.4) is 0 Å². The van der Waals surface area contributed by atoms with Gasteiger partial charge in [-0.2, -0.15) is 5.26 Å². The molecule has 0 aliphatic carbocycles. The molecular formula is C27H21ClN4O3S. The Morgan fingerprint density at radius 1 is 1.22 bits per heavy atom. The van der Waals surface area contributed by atoms with Crippen molar-refractivity contribution in [2.75, 3.05) is 12.4 Å². The zero-order valence-electron chi connectivity index (χ0n) is 19.5. The number of benzene rings is 2. The van der Waals surface area contributed by atoms with Crippen LogP contribution in [0.2, 0.25) is 5.02 Å². The molecule has 1 aliphatic heterocycles. The number of fused-ring (bicyclic) bond motifs is 1. The lowest BCUT2D eigenvalue weighted by Crippen LogP contribution is -2.15. The van der Waals surface area contributed by atoms with E-state index in [0.29, 0.717) is 51.2 Å². The lowest BCUT2D eigenvalue weighted by atomic mass is 9.99. The zero-order valence-corrected chi connectivity index (χ0v) is 21.1. The summed E-state index contributed by atoms with van der Waals surface area (Å²) in [7, 11) is 1.58. The van der Waals surface area contributed by atoms with E-state index in [-0.39, 0.29) is 12.0 Å². The molecule has 1 amide bonds. The maximum atomic E-state index is 13.3. The molecule has 5 rings (SSSR count). The average Bonchev–Trinajstić information content (AvgIpc) is 3.30. The molecule has 1 N–H and O–H groups in total. The summed E-state index contributed by atoms with van der Waals surface area (Å²) in [6.45, 7) is 2.21. The van der Waals surface area contributed by atoms with Gasteiger partial charge < -0.3 is 9.47 Å². The van der Waals surface area contributed by atoms with E-state index in [2.05, 4.69) is 21.4 Å². The first-order chi connectivity index (χ1) is 17.4. The molecular weight excluding hydrogens is 496 g/mol. The second-order valence-electron chi connectivity index (χ2n) is 8.30. The summed E-state index contributed by atoms with van der Waals surface area (Å²) in [5.41, 5.74) is 4.96. The van der Waals surface area contributed by atoms with Crippen LogP contribution in [0.4, 0.5) is 5.13 Å². The number of hydrogen-bond acceptors (Lipinski definition) is 7. The molecule has 4 aromatic rings. The highest BCUT2D eigenvalue weighted by molar-refractivity contribution is 7.15. The van der Waals surface area contributed by atoms with Crippen molar-refractivity contribution in [3.63, 3.8) is 0 Å². The standard InChI is InChI=1S/C27H21ClN4O3S/c1-15-9-19(20-10-18(28)7-8-23(20)34-2)21(13-30-15)26(33)32-27-31-22-14-35-24(11-25(22)36-27)17-5-3-16(12-29)4-6-17/h3-10,13,24H,11,14H2,1-2H3,(H,31,32,33). The van der Waals surface area contributed by atoms with Crippen LogP contribution in [-0.4, -0.2) is 23.0 Å². The number of anilines is 1. The van der Waals surface area contributed by atoms with Crippen LogP contribution in [-0.2, 0) is 17.8 Å². The number of rotatable bonds is 5. The van der Waals surface area contributed by atoms with Crippen molar-refractivity contribution in [1.82, 2.24) is 9.97 Å². The van der Waals surface area contributed by atoms with Crippen molar-refractivity contribution in [2.45, 2.75) is 26.1 Å². The monoisotopic (exact) mass is 516 g/mol. The summed E-state index contributed by atoms with van der Waals surface area (Å²) in [6, 6.07) is 16.6. The maximum Gasteiger partial charge on any atom is 0.259 e. The van der Waals surface area contributed by atoms with Gasteiger partial charge in [-0.25, -0.2) is 4.98 Å². The number of nitrogens with zero attached hydrogens (tertiary/aromatic N) is 3. The first-order valence-electron chi connectivity index (χ1n) is 11.2. The minimum atomic E-state index is -0.324. The Balaban J connectivity index is 1.39. The van der Waals surface area contributed by atoms with Crippen LogP contribution in [0, 0.1) is 18.3 Å². The first-order valence-corrected chi connectivity index (χ1v) is 12.4. The fraction of sp³-hybridized carbons (Fsp3) is 0.185. The van der Waals surface area contributed by atoms with Crippen molar-refractivity contribution in [1.29, 1.82) is 5.26 Å². The number of ether oxygens (including phenoxy) is 2. The van der Waals surface area contributed by atoms with E-state index in [9.17, 15) is 4.79 Å². The van der Waals surface area contributed by atoms with Gasteiger partial charge in [0.2, 0.25) is 0 Å². The number of nitriles is 1. The Morgan fingerprint density at radius 2 is 2.03 bits per heavy atom. The normalized spacial score (nSPS) is 14.6. The molecule has 9 heteroatoms. The number of aryl methyl sites for hydroxylation is 1. The molecule has 1 unspecified atom stereocenters. The summed E-state index contributed by atoms with van der Waals surface area (Å²) in [4.78, 5) is 23.3. The number of pyridine rings is 1. The minimum absolute atomic E-state index is 0.127. The van der Waals surface area contributed by atoms with Crippen LogP contribution in [0.25, 0.3) is 11.1 Å². The van der Waals surface area contributed by atoms with E-state index < -0.39 is 0 Å². The number of carbonyl (C=O) groups is 1. The Labute approximate surface area is 217 Å². The summed E-state index contributed by atoms with van der Waals surface area (Å²) in [5, 5.41) is 13.0. The predicted octanol–water partition coefficient (Wildman–Crippen LogP) is 6.11. The molecule has 36 heavy (non-hydrogen) atoms. The Kier molecular flexibility index (Phi) is 6.70. The van der Waals surface area contributed by atoms with E-state index in [1.165, 1.54) is 11.3 Å². The summed E-state index contributed by atoms with van der Waals surface area (Å²) >= 11 is 7.69. The Hall–Kier alpha value is -3.77. The van der Waals surface area contributed by atoms with Gasteiger partial charge in [-0.05, 0) is 48.9 Å². The van der Waals surface area contributed by atoms with Crippen molar-refractivity contribution < 1.29 is 14.3 Å². The number of halogens is 1. The van der Waals surface area contributed by atoms with Gasteiger partial charge in [-0.15, -0.1) is 11.3 Å². The smallest absolute Gasteiger partial charge is 0.259 e. The van der Waals surface area contributed by atoms with Gasteiger partial charge in [-0.3, -0.25) is 15.1 Å². The molecule has 0 radical (unpaired) electrons. The Bertz CT molecular complexity index is 1490. The highest BCUT2D eigenvalue weighted by Crippen LogP contribution is 2.37. The molecule has 0 spiro atoms. The fourth-order valence-electron chi connectivity index (χ4n) is 4.12. The number of hydrogen-bond donors (Lipinski definition) is 1. The average molecular weight is 517 g/mol. The third-order valence-electron chi connectivity index (χ3n) is 5.94. The van der Waals surface area contributed by atoms with Crippen molar-refractivity contribution in [2.24, 2.45) is 0 Å². The quantitative estimate of drug-likeness (QED) is 0.343. The van der Waals surface area contributed by atoms with E-state index in [0.717, 1.165) is 21.8 Å². The van der Waals surface area contributed by atoms with E-state index in [1.54, 1.807) is 43.6 Å². The second kappa shape index (κ2) is 10.1. The van der Waals surface area contributed by atoms with Gasteiger partial charge in [-0.1, -0.05) is 23.7 Å². The Morgan fingerprint density at radius 3 is 2.78 bits per heavy atom. The fourth-order valence-corrected chi connectivity index (χ4v) is 5.28. The topological polar surface area (TPSA) is 97.1 Å². The first kappa shape index (κ1) is 23.9. The molecule has 0 saturated heterocycles. The number of amides is 1. The second-order valence-corrected chi connectivity index (χ2v) is 9.82. The molecule has 0 fully saturated rings. The number of methoxy groups -OCH3 is 1. The molecule has 180 valence electrons. The molecule has 0 bridgehead atoms. The molecule has 2 aromatic carbocycles. The molecule has 7 nitrogen and oxygen atoms in total. The number of aromatic nitrogens is 2. The van der Waals surface area contributed by atoms with Crippen molar-refractivity contribution in [3.8, 4) is 22.9 Å². The number of nitrogens with one attached hydrogen (secondary N) is 1. The summed E-state index contributed by atoms with van der Waals surface area (Å²) in [6.07, 6.45) is 2.07. The molecule has 1 aliphatic rings. The van der Waals surface area contributed by atoms with Crippen molar-refractivity contribution >= 4 is 34.0 Å². The van der Waals surface area contributed by atoms with Gasteiger partial charge >= 0.3 is 0 Å². The highest BCUT2D eigenvalue weighted by Gasteiger charge is 2.26. The van der Waals surface area contributed by atoms with Crippen LogP contribution in [0.15, 0.2) is 54.7 Å². The molecule has 2 aromatic heterocycles. The maximum absolute atomic E-state index is 13.3. The van der Waals surface area contributed by atoms with Gasteiger partial charge in [0.1, 0.15) is 5.75 Å². The minimum Gasteiger partial charge on any atom is -0.496 e. The van der Waals surface area contributed by atoms with Crippen LogP contribution in [0.1, 0.15) is 43.9 Å². The molecule has 3 heterocycles. The van der Waals surface area contributed by atoms with Gasteiger partial charge in [0.05, 0.1) is 42.7 Å². The van der Waals surface area contributed by atoms with Gasteiger partial charge in [0.15, 0.2) is 5.13 Å². The lowest BCUT2D eigenvalue weighted by molar-refractivity contribution is 0.0265. The SMILES string of the molecule is COc1ccc(Cl)cc1-c1cc(C)ncc1C(=O)Nc1nc2c(s1)CC(c1ccc(C#N)cc1)OC2. The van der Waals surface area contributed by atoms with Crippen LogP contribution < -0.4 is 10.1 Å². The van der Waals surface area contributed by atoms with E-state index in [1.807, 2.05) is 25.1 Å². The van der Waals surface area contributed by atoms with Gasteiger partial charge in [0, 0.05) is 39.3 Å². The highest BCUT2D eigenvalue weighted by atomic mass is 35.5. The van der Waals surface area contributed by atoms with Gasteiger partial charge in [0.25, 0.3) is 5.91 Å². The zero-order chi connectivity index (χ0) is 25.2. The molecule has 1 atom stereocenters. The third kappa shape index (κ3) is 4.82.